The molecule has 0 spiro atoms. The molecule has 0 saturated heterocycles. The minimum atomic E-state index is -6.00. The number of halogens is 9. The molecule has 0 amide bonds. The van der Waals surface area contributed by atoms with Gasteiger partial charge in [0.15, 0.2) is 0 Å². The number of nitrogens with one attached hydrogen (secondary N) is 1. The van der Waals surface area contributed by atoms with E-state index in [1.807, 2.05) is 0 Å². The van der Waals surface area contributed by atoms with Gasteiger partial charge in [0.1, 0.15) is 24.0 Å². The first kappa shape index (κ1) is 28.6. The van der Waals surface area contributed by atoms with Gasteiger partial charge >= 0.3 is 12.4 Å². The van der Waals surface area contributed by atoms with E-state index in [-0.39, 0.29) is 23.5 Å². The van der Waals surface area contributed by atoms with Gasteiger partial charge in [0.25, 0.3) is 5.60 Å². The normalized spacial score (nSPS) is 12.6. The molecule has 206 valence electrons. The van der Waals surface area contributed by atoms with Gasteiger partial charge in [-0.05, 0) is 48.9 Å². The molecule has 4 rings (SSSR count). The molecule has 0 unspecified atom stereocenters. The zero-order valence-corrected chi connectivity index (χ0v) is 21.4. The molecule has 3 aromatic carbocycles. The second kappa shape index (κ2) is 10.3. The van der Waals surface area contributed by atoms with Crippen molar-refractivity contribution >= 4 is 15.9 Å². The quantitative estimate of drug-likeness (QED) is 0.212. The molecule has 0 radical (unpaired) electrons. The van der Waals surface area contributed by atoms with Crippen LogP contribution in [-0.4, -0.2) is 22.4 Å². The molecule has 0 aliphatic heterocycles. The van der Waals surface area contributed by atoms with Crippen molar-refractivity contribution in [2.75, 3.05) is 0 Å². The molecule has 0 aliphatic rings. The molecule has 1 heterocycles. The van der Waals surface area contributed by atoms with Crippen LogP contribution >= 0.6 is 15.9 Å². The third-order valence-electron chi connectivity index (χ3n) is 6.00. The molecule has 1 aromatic heterocycles. The van der Waals surface area contributed by atoms with Gasteiger partial charge < -0.3 is 14.8 Å². The average Bonchev–Trinajstić information content (AvgIpc) is 3.23. The molecule has 12 heteroatoms. The van der Waals surface area contributed by atoms with Gasteiger partial charge in [-0.15, -0.1) is 0 Å². The summed E-state index contributed by atoms with van der Waals surface area (Å²) in [5.41, 5.74) is -4.20. The molecule has 2 N–H and O–H groups in total. The summed E-state index contributed by atoms with van der Waals surface area (Å²) >= 11 is 3.35. The summed E-state index contributed by atoms with van der Waals surface area (Å²) in [5, 5.41) is 9.68. The van der Waals surface area contributed by atoms with E-state index < -0.39 is 35.2 Å². The number of hydrogen-bond acceptors (Lipinski definition) is 2. The Morgan fingerprint density at radius 1 is 0.821 bits per heavy atom. The maximum atomic E-state index is 14.1. The maximum absolute atomic E-state index is 14.1. The van der Waals surface area contributed by atoms with Crippen molar-refractivity contribution in [3.05, 3.63) is 99.7 Å². The number of ether oxygens (including phenoxy) is 1. The van der Waals surface area contributed by atoms with Crippen molar-refractivity contribution in [1.82, 2.24) is 4.98 Å². The predicted molar refractivity (Wildman–Crippen MR) is 131 cm³/mol. The topological polar surface area (TPSA) is 45.2 Å². The molecule has 39 heavy (non-hydrogen) atoms. The fourth-order valence-corrected chi connectivity index (χ4v) is 4.39. The molecular weight excluding hydrogens is 602 g/mol. The van der Waals surface area contributed by atoms with Gasteiger partial charge in [0.05, 0.1) is 5.69 Å². The smallest absolute Gasteiger partial charge is 0.430 e. The monoisotopic (exact) mass is 619 g/mol. The highest BCUT2D eigenvalue weighted by Gasteiger charge is 2.71. The number of hydrogen-bond donors (Lipinski definition) is 2. The lowest BCUT2D eigenvalue weighted by Crippen LogP contribution is -2.53. The summed E-state index contributed by atoms with van der Waals surface area (Å²) in [5.74, 6) is -1.28. The van der Waals surface area contributed by atoms with Crippen LogP contribution in [0.15, 0.2) is 71.2 Å². The van der Waals surface area contributed by atoms with Crippen molar-refractivity contribution in [2.24, 2.45) is 0 Å². The number of H-pyrrole nitrogens is 1. The SMILES string of the molecule is Cc1cc(-c2ccc(C(O)(C(F)(F)F)C(F)(F)F)cc2)c(-c2cc(Br)ccc2OCc2ccc(F)cc2F)[nH]1. The van der Waals surface area contributed by atoms with Crippen LogP contribution in [0.1, 0.15) is 16.8 Å². The first-order chi connectivity index (χ1) is 18.1. The van der Waals surface area contributed by atoms with Crippen LogP contribution in [0.3, 0.4) is 0 Å². The summed E-state index contributed by atoms with van der Waals surface area (Å²) in [6.45, 7) is 1.44. The number of aryl methyl sites for hydroxylation is 1. The molecule has 0 fully saturated rings. The lowest BCUT2D eigenvalue weighted by molar-refractivity contribution is -0.376. The summed E-state index contributed by atoms with van der Waals surface area (Å²) in [6, 6.07) is 12.8. The Morgan fingerprint density at radius 2 is 1.46 bits per heavy atom. The van der Waals surface area contributed by atoms with E-state index in [0.717, 1.165) is 24.3 Å². The van der Waals surface area contributed by atoms with Crippen LogP contribution in [0.2, 0.25) is 0 Å². The molecule has 0 aliphatic carbocycles. The van der Waals surface area contributed by atoms with Crippen molar-refractivity contribution in [1.29, 1.82) is 0 Å². The first-order valence-electron chi connectivity index (χ1n) is 11.1. The van der Waals surface area contributed by atoms with Crippen LogP contribution in [-0.2, 0) is 12.2 Å². The van der Waals surface area contributed by atoms with Crippen LogP contribution in [0.5, 0.6) is 5.75 Å². The van der Waals surface area contributed by atoms with Crippen LogP contribution < -0.4 is 4.74 Å². The van der Waals surface area contributed by atoms with E-state index in [4.69, 9.17) is 4.74 Å². The Hall–Kier alpha value is -3.38. The van der Waals surface area contributed by atoms with E-state index in [1.54, 1.807) is 31.2 Å². The number of aromatic nitrogens is 1. The predicted octanol–water partition coefficient (Wildman–Crippen LogP) is 8.59. The third-order valence-corrected chi connectivity index (χ3v) is 6.49. The summed E-state index contributed by atoms with van der Waals surface area (Å²) < 4.78 is 113. The minimum Gasteiger partial charge on any atom is -0.488 e. The maximum Gasteiger partial charge on any atom is 0.430 e. The standard InChI is InChI=1S/C27H18BrF8NO2/c1-14-10-20(15-2-5-17(6-3-15)25(38,26(31,32)33)27(34,35)36)24(37-14)21-11-18(28)7-9-23(21)39-13-16-4-8-19(29)12-22(16)30/h2-12,37-38H,13H2,1H3. The molecular formula is C27H18BrF8NO2. The molecule has 3 nitrogen and oxygen atoms in total. The fraction of sp³-hybridized carbons (Fsp3) is 0.185. The van der Waals surface area contributed by atoms with Crippen molar-refractivity contribution in [3.63, 3.8) is 0 Å². The van der Waals surface area contributed by atoms with Gasteiger partial charge in [0.2, 0.25) is 0 Å². The minimum absolute atomic E-state index is 0.0885. The van der Waals surface area contributed by atoms with Crippen molar-refractivity contribution in [3.8, 4) is 28.1 Å². The Bertz CT molecular complexity index is 1480. The van der Waals surface area contributed by atoms with E-state index in [2.05, 4.69) is 20.9 Å². The summed E-state index contributed by atoms with van der Waals surface area (Å²) in [7, 11) is 0. The van der Waals surface area contributed by atoms with Gasteiger partial charge in [-0.3, -0.25) is 0 Å². The highest BCUT2D eigenvalue weighted by Crippen LogP contribution is 2.50. The lowest BCUT2D eigenvalue weighted by Gasteiger charge is -2.32. The van der Waals surface area contributed by atoms with Crippen LogP contribution in [0.25, 0.3) is 22.4 Å². The third kappa shape index (κ3) is 5.53. The number of aliphatic hydroxyl groups is 1. The summed E-state index contributed by atoms with van der Waals surface area (Å²) in [6.07, 6.45) is -12.0. The highest BCUT2D eigenvalue weighted by molar-refractivity contribution is 9.10. The highest BCUT2D eigenvalue weighted by atomic mass is 79.9. The molecule has 0 saturated carbocycles. The zero-order chi connectivity index (χ0) is 28.8. The molecule has 0 atom stereocenters. The van der Waals surface area contributed by atoms with Crippen LogP contribution in [0, 0.1) is 18.6 Å². The van der Waals surface area contributed by atoms with E-state index in [0.29, 0.717) is 39.1 Å². The first-order valence-corrected chi connectivity index (χ1v) is 11.9. The Labute approximate surface area is 225 Å². The van der Waals surface area contributed by atoms with Gasteiger partial charge in [-0.25, -0.2) is 8.78 Å². The second-order valence-electron chi connectivity index (χ2n) is 8.69. The number of rotatable bonds is 6. The van der Waals surface area contributed by atoms with Crippen molar-refractivity contribution in [2.45, 2.75) is 31.5 Å². The summed E-state index contributed by atoms with van der Waals surface area (Å²) in [4.78, 5) is 3.10. The second-order valence-corrected chi connectivity index (χ2v) is 9.60. The van der Waals surface area contributed by atoms with E-state index >= 15 is 0 Å². The van der Waals surface area contributed by atoms with Crippen LogP contribution in [0.4, 0.5) is 35.1 Å². The number of benzene rings is 3. The Balaban J connectivity index is 1.74. The Morgan fingerprint density at radius 3 is 2.05 bits per heavy atom. The van der Waals surface area contributed by atoms with Gasteiger partial charge in [-0.2, -0.15) is 26.3 Å². The largest absolute Gasteiger partial charge is 0.488 e. The lowest BCUT2D eigenvalue weighted by atomic mass is 9.90. The van der Waals surface area contributed by atoms with Gasteiger partial charge in [0, 0.05) is 38.5 Å². The molecule has 0 bridgehead atoms. The average molecular weight is 620 g/mol. The fourth-order valence-electron chi connectivity index (χ4n) is 4.03. The number of alkyl halides is 6. The number of aromatic amines is 1. The van der Waals surface area contributed by atoms with E-state index in [9.17, 15) is 40.2 Å². The molecule has 4 aromatic rings. The van der Waals surface area contributed by atoms with E-state index in [1.165, 1.54) is 6.07 Å². The Kier molecular flexibility index (Phi) is 7.56. The van der Waals surface area contributed by atoms with Gasteiger partial charge in [-0.1, -0.05) is 40.2 Å². The zero-order valence-electron chi connectivity index (χ0n) is 19.8. The van der Waals surface area contributed by atoms with Crippen molar-refractivity contribution < 1.29 is 45.0 Å².